The highest BCUT2D eigenvalue weighted by Gasteiger charge is 2.61. The smallest absolute Gasteiger partial charge is 0.346 e. The van der Waals surface area contributed by atoms with Gasteiger partial charge in [0.05, 0.1) is 11.5 Å². The zero-order valence-corrected chi connectivity index (χ0v) is 17.0. The molecule has 3 atom stereocenters. The van der Waals surface area contributed by atoms with Crippen LogP contribution < -0.4 is 10.8 Å². The first-order valence-electron chi connectivity index (χ1n) is 9.88. The largest absolute Gasteiger partial charge is 0.435 e. The Morgan fingerprint density at radius 1 is 1.21 bits per heavy atom. The van der Waals surface area contributed by atoms with Gasteiger partial charge in [-0.2, -0.15) is 13.2 Å². The van der Waals surface area contributed by atoms with Crippen molar-refractivity contribution in [2.75, 3.05) is 0 Å². The van der Waals surface area contributed by atoms with Crippen LogP contribution in [0.4, 0.5) is 13.2 Å². The van der Waals surface area contributed by atoms with Crippen LogP contribution in [-0.4, -0.2) is 22.0 Å². The van der Waals surface area contributed by atoms with Crippen LogP contribution in [-0.2, 0) is 11.0 Å². The van der Waals surface area contributed by atoms with Gasteiger partial charge in [0.2, 0.25) is 5.91 Å². The topological polar surface area (TPSA) is 91.3 Å². The molecule has 4 fully saturated rings. The molecule has 4 bridgehead atoms. The number of hydrogen-bond acceptors (Lipinski definition) is 5. The van der Waals surface area contributed by atoms with E-state index < -0.39 is 34.1 Å². The van der Waals surface area contributed by atoms with E-state index in [1.54, 1.807) is 13.8 Å². The average Bonchev–Trinajstić information content (AvgIpc) is 3.26. The summed E-state index contributed by atoms with van der Waals surface area (Å²) in [4.78, 5) is 28.0. The van der Waals surface area contributed by atoms with Gasteiger partial charge in [-0.3, -0.25) is 14.8 Å². The van der Waals surface area contributed by atoms with E-state index in [0.717, 1.165) is 25.7 Å². The Bertz CT molecular complexity index is 824. The van der Waals surface area contributed by atoms with E-state index in [4.69, 9.17) is 5.21 Å². The second-order valence-electron chi connectivity index (χ2n) is 9.06. The van der Waals surface area contributed by atoms with E-state index in [2.05, 4.69) is 10.3 Å². The van der Waals surface area contributed by atoms with Gasteiger partial charge < -0.3 is 5.32 Å². The molecule has 1 aromatic rings. The molecule has 4 saturated carbocycles. The minimum Gasteiger partial charge on any atom is -0.346 e. The molecular formula is C19H24F3N3O3S. The van der Waals surface area contributed by atoms with Crippen molar-refractivity contribution < 1.29 is 28.0 Å². The molecule has 4 aliphatic carbocycles. The number of hydrogen-bond donors (Lipinski definition) is 3. The number of rotatable bonds is 5. The molecule has 4 aliphatic rings. The molecule has 1 heterocycles. The van der Waals surface area contributed by atoms with E-state index in [1.807, 2.05) is 0 Å². The van der Waals surface area contributed by atoms with Crippen LogP contribution in [0.15, 0.2) is 0 Å². The second kappa shape index (κ2) is 6.94. The fourth-order valence-electron chi connectivity index (χ4n) is 5.83. The minimum absolute atomic E-state index is 0.0216. The molecule has 1 aromatic heterocycles. The Kier molecular flexibility index (Phi) is 4.92. The molecular weight excluding hydrogens is 407 g/mol. The maximum Gasteiger partial charge on any atom is 0.435 e. The highest BCUT2D eigenvalue weighted by Crippen LogP contribution is 2.65. The SMILES string of the molecule is CC(C)C(NC(=O)C12CC3CC(CC1C3)C2)c1nc(C(F)(F)F)c(C(=O)NO)s1. The van der Waals surface area contributed by atoms with Crippen molar-refractivity contribution in [2.45, 2.75) is 58.2 Å². The lowest BCUT2D eigenvalue weighted by atomic mass is 9.74. The first kappa shape index (κ1) is 20.6. The summed E-state index contributed by atoms with van der Waals surface area (Å²) in [6.45, 7) is 3.59. The Morgan fingerprint density at radius 2 is 1.83 bits per heavy atom. The van der Waals surface area contributed by atoms with Gasteiger partial charge in [0.1, 0.15) is 9.88 Å². The molecule has 29 heavy (non-hydrogen) atoms. The van der Waals surface area contributed by atoms with Crippen molar-refractivity contribution in [3.63, 3.8) is 0 Å². The van der Waals surface area contributed by atoms with E-state index in [0.29, 0.717) is 29.1 Å². The highest BCUT2D eigenvalue weighted by molar-refractivity contribution is 7.13. The van der Waals surface area contributed by atoms with Crippen molar-refractivity contribution in [3.05, 3.63) is 15.6 Å². The van der Waals surface area contributed by atoms with Crippen molar-refractivity contribution in [1.82, 2.24) is 15.8 Å². The number of hydroxylamine groups is 1. The normalized spacial score (nSPS) is 31.3. The molecule has 6 nitrogen and oxygen atoms in total. The zero-order chi connectivity index (χ0) is 21.1. The van der Waals surface area contributed by atoms with E-state index in [-0.39, 0.29) is 16.8 Å². The van der Waals surface area contributed by atoms with Crippen molar-refractivity contribution in [1.29, 1.82) is 0 Å². The molecule has 0 spiro atoms. The third-order valence-electron chi connectivity index (χ3n) is 6.88. The fourth-order valence-corrected chi connectivity index (χ4v) is 7.03. The van der Waals surface area contributed by atoms with Crippen LogP contribution in [0.3, 0.4) is 0 Å². The van der Waals surface area contributed by atoms with Crippen LogP contribution in [0, 0.1) is 29.1 Å². The number of aromatic nitrogens is 1. The molecule has 0 saturated heterocycles. The summed E-state index contributed by atoms with van der Waals surface area (Å²) in [5.74, 6) is -0.0668. The summed E-state index contributed by atoms with van der Waals surface area (Å²) < 4.78 is 40.0. The Labute approximate surface area is 170 Å². The third kappa shape index (κ3) is 3.34. The molecule has 0 aliphatic heterocycles. The summed E-state index contributed by atoms with van der Waals surface area (Å²) in [7, 11) is 0. The quantitative estimate of drug-likeness (QED) is 0.487. The Balaban J connectivity index is 1.63. The van der Waals surface area contributed by atoms with Gasteiger partial charge in [0.25, 0.3) is 5.91 Å². The van der Waals surface area contributed by atoms with Crippen molar-refractivity contribution in [2.24, 2.45) is 29.1 Å². The van der Waals surface area contributed by atoms with Crippen LogP contribution >= 0.6 is 11.3 Å². The summed E-state index contributed by atoms with van der Waals surface area (Å²) in [5, 5.41) is 11.8. The summed E-state index contributed by atoms with van der Waals surface area (Å²) in [6.07, 6.45) is 0.173. The first-order valence-corrected chi connectivity index (χ1v) is 10.7. The van der Waals surface area contributed by atoms with Gasteiger partial charge >= 0.3 is 6.18 Å². The fraction of sp³-hybridized carbons (Fsp3) is 0.737. The molecule has 3 unspecified atom stereocenters. The van der Waals surface area contributed by atoms with Crippen LogP contribution in [0.1, 0.15) is 72.4 Å². The summed E-state index contributed by atoms with van der Waals surface area (Å²) in [6, 6.07) is -0.735. The number of carbonyl (C=O) groups is 2. The Morgan fingerprint density at radius 3 is 2.34 bits per heavy atom. The number of halogens is 3. The van der Waals surface area contributed by atoms with Gasteiger partial charge in [0, 0.05) is 0 Å². The Hall–Kier alpha value is -1.68. The number of alkyl halides is 3. The summed E-state index contributed by atoms with van der Waals surface area (Å²) in [5.41, 5.74) is -0.507. The van der Waals surface area contributed by atoms with Crippen LogP contribution in [0.2, 0.25) is 0 Å². The van der Waals surface area contributed by atoms with Crippen molar-refractivity contribution in [3.8, 4) is 0 Å². The monoisotopic (exact) mass is 431 g/mol. The van der Waals surface area contributed by atoms with Gasteiger partial charge in [-0.1, -0.05) is 13.8 Å². The first-order chi connectivity index (χ1) is 13.5. The number of nitrogens with zero attached hydrogens (tertiary/aromatic N) is 1. The maximum atomic E-state index is 13.3. The molecule has 0 aromatic carbocycles. The molecule has 10 heteroatoms. The second-order valence-corrected chi connectivity index (χ2v) is 10.1. The zero-order valence-electron chi connectivity index (χ0n) is 16.2. The molecule has 3 N–H and O–H groups in total. The standard InChI is InChI=1S/C19H24F3N3O3S/c1-8(2)12(16-24-14(19(20,21)22)13(29-16)15(26)25-28)23-17(27)18-6-9-3-10(7-18)5-11(18)4-9/h8-12,28H,3-7H2,1-2H3,(H,23,27)(H,25,26). The van der Waals surface area contributed by atoms with Crippen molar-refractivity contribution >= 4 is 23.2 Å². The van der Waals surface area contributed by atoms with E-state index in [1.165, 1.54) is 11.9 Å². The van der Waals surface area contributed by atoms with Gasteiger partial charge in [-0.05, 0) is 55.8 Å². The average molecular weight is 431 g/mol. The minimum atomic E-state index is -4.84. The number of amides is 2. The predicted molar refractivity (Wildman–Crippen MR) is 98.1 cm³/mol. The number of thiazole rings is 1. The number of carbonyl (C=O) groups excluding carboxylic acids is 2. The highest BCUT2D eigenvalue weighted by atomic mass is 32.1. The van der Waals surface area contributed by atoms with E-state index >= 15 is 0 Å². The van der Waals surface area contributed by atoms with Crippen LogP contribution in [0.5, 0.6) is 0 Å². The lowest BCUT2D eigenvalue weighted by molar-refractivity contribution is -0.141. The van der Waals surface area contributed by atoms with Gasteiger partial charge in [-0.15, -0.1) is 11.3 Å². The lowest BCUT2D eigenvalue weighted by Gasteiger charge is -2.33. The third-order valence-corrected chi connectivity index (χ3v) is 8.02. The van der Waals surface area contributed by atoms with Gasteiger partial charge in [0.15, 0.2) is 5.69 Å². The number of nitrogens with one attached hydrogen (secondary N) is 2. The molecule has 0 radical (unpaired) electrons. The van der Waals surface area contributed by atoms with Gasteiger partial charge in [-0.25, -0.2) is 10.5 Å². The lowest BCUT2D eigenvalue weighted by Crippen LogP contribution is -2.44. The predicted octanol–water partition coefficient (Wildman–Crippen LogP) is 3.92. The molecule has 5 rings (SSSR count). The molecule has 2 amide bonds. The molecule has 160 valence electrons. The van der Waals surface area contributed by atoms with Crippen LogP contribution in [0.25, 0.3) is 0 Å². The van der Waals surface area contributed by atoms with E-state index in [9.17, 15) is 22.8 Å². The maximum absolute atomic E-state index is 13.3. The summed E-state index contributed by atoms with van der Waals surface area (Å²) >= 11 is 0.554.